The molecule has 0 N–H and O–H groups in total. The summed E-state index contributed by atoms with van der Waals surface area (Å²) in [6.07, 6.45) is 12.7. The number of nitrogens with zero attached hydrogens (tertiary/aromatic N) is 1. The Bertz CT molecular complexity index is 578. The van der Waals surface area contributed by atoms with Gasteiger partial charge in [-0.15, -0.1) is 0 Å². The normalized spacial score (nSPS) is 17.3. The van der Waals surface area contributed by atoms with Crippen LogP contribution in [0.2, 0.25) is 0 Å². The Balaban J connectivity index is 1.91. The molecule has 0 amide bonds. The molecule has 1 aliphatic heterocycles. The fraction of sp³-hybridized carbons (Fsp3) is 0.591. The Kier molecular flexibility index (Phi) is 7.08. The Morgan fingerprint density at radius 1 is 0.917 bits per heavy atom. The zero-order chi connectivity index (χ0) is 17.4. The minimum atomic E-state index is -0.129. The Labute approximate surface area is 148 Å². The highest BCUT2D eigenvalue weighted by molar-refractivity contribution is 6.06. The van der Waals surface area contributed by atoms with Gasteiger partial charge in [0.15, 0.2) is 0 Å². The SMILES string of the molecule is CCCCCCCCC/C=C1\OC(=NC(C)(C)C)c2ccccc21. The lowest BCUT2D eigenvalue weighted by Crippen LogP contribution is -2.14. The smallest absolute Gasteiger partial charge is 0.223 e. The van der Waals surface area contributed by atoms with E-state index in [1.807, 2.05) is 0 Å². The van der Waals surface area contributed by atoms with Crippen LogP contribution in [-0.4, -0.2) is 11.4 Å². The standard InChI is InChI=1S/C22H33NO/c1-5-6-7-8-9-10-11-12-17-20-18-15-13-14-16-19(18)21(24-20)23-22(2,3)4/h13-17H,5-12H2,1-4H3/b20-17-,23-21?. The van der Waals surface area contributed by atoms with E-state index in [9.17, 15) is 0 Å². The van der Waals surface area contributed by atoms with E-state index in [1.54, 1.807) is 0 Å². The number of allylic oxidation sites excluding steroid dienone is 1. The van der Waals surface area contributed by atoms with Gasteiger partial charge in [0.05, 0.1) is 5.54 Å². The van der Waals surface area contributed by atoms with E-state index in [2.05, 4.69) is 58.0 Å². The second-order valence-corrected chi connectivity index (χ2v) is 7.71. The topological polar surface area (TPSA) is 21.6 Å². The van der Waals surface area contributed by atoms with Crippen molar-refractivity contribution in [1.82, 2.24) is 0 Å². The van der Waals surface area contributed by atoms with Gasteiger partial charge < -0.3 is 4.74 Å². The van der Waals surface area contributed by atoms with Crippen LogP contribution in [-0.2, 0) is 4.74 Å². The van der Waals surface area contributed by atoms with Gasteiger partial charge in [-0.3, -0.25) is 0 Å². The Hall–Kier alpha value is -1.57. The van der Waals surface area contributed by atoms with Crippen LogP contribution in [0.1, 0.15) is 90.2 Å². The maximum atomic E-state index is 6.08. The fourth-order valence-electron chi connectivity index (χ4n) is 2.97. The highest BCUT2D eigenvalue weighted by Gasteiger charge is 2.25. The molecule has 1 aliphatic rings. The van der Waals surface area contributed by atoms with Crippen molar-refractivity contribution in [2.24, 2.45) is 4.99 Å². The largest absolute Gasteiger partial charge is 0.438 e. The molecule has 0 saturated carbocycles. The van der Waals surface area contributed by atoms with Crippen molar-refractivity contribution in [3.8, 4) is 0 Å². The summed E-state index contributed by atoms with van der Waals surface area (Å²) in [6, 6.07) is 8.37. The molecular formula is C22H33NO. The van der Waals surface area contributed by atoms with Crippen LogP contribution in [0.4, 0.5) is 0 Å². The van der Waals surface area contributed by atoms with Crippen molar-refractivity contribution in [3.63, 3.8) is 0 Å². The van der Waals surface area contributed by atoms with Crippen LogP contribution >= 0.6 is 0 Å². The summed E-state index contributed by atoms with van der Waals surface area (Å²) in [5.74, 6) is 1.75. The average molecular weight is 328 g/mol. The van der Waals surface area contributed by atoms with E-state index in [0.717, 1.165) is 23.6 Å². The van der Waals surface area contributed by atoms with Crippen LogP contribution in [0.25, 0.3) is 5.76 Å². The van der Waals surface area contributed by atoms with E-state index in [0.29, 0.717) is 0 Å². The molecule has 0 atom stereocenters. The first-order chi connectivity index (χ1) is 11.5. The highest BCUT2D eigenvalue weighted by atomic mass is 16.5. The number of hydrogen-bond donors (Lipinski definition) is 0. The van der Waals surface area contributed by atoms with Gasteiger partial charge in [0, 0.05) is 11.1 Å². The van der Waals surface area contributed by atoms with Gasteiger partial charge in [0.1, 0.15) is 5.76 Å². The van der Waals surface area contributed by atoms with Crippen LogP contribution in [0.5, 0.6) is 0 Å². The van der Waals surface area contributed by atoms with Gasteiger partial charge >= 0.3 is 0 Å². The predicted octanol–water partition coefficient (Wildman–Crippen LogP) is 6.74. The maximum absolute atomic E-state index is 6.08. The molecule has 0 aromatic heterocycles. The molecule has 0 aliphatic carbocycles. The Morgan fingerprint density at radius 2 is 1.54 bits per heavy atom. The monoisotopic (exact) mass is 327 g/mol. The van der Waals surface area contributed by atoms with Gasteiger partial charge in [0.25, 0.3) is 0 Å². The Morgan fingerprint density at radius 3 is 2.21 bits per heavy atom. The van der Waals surface area contributed by atoms with Gasteiger partial charge in [0.2, 0.25) is 5.90 Å². The summed E-state index contributed by atoms with van der Waals surface area (Å²) >= 11 is 0. The summed E-state index contributed by atoms with van der Waals surface area (Å²) in [5.41, 5.74) is 2.18. The third-order valence-corrected chi connectivity index (χ3v) is 4.20. The van der Waals surface area contributed by atoms with Gasteiger partial charge in [-0.2, -0.15) is 0 Å². The number of hydrogen-bond acceptors (Lipinski definition) is 2. The quantitative estimate of drug-likeness (QED) is 0.484. The molecule has 24 heavy (non-hydrogen) atoms. The van der Waals surface area contributed by atoms with E-state index in [4.69, 9.17) is 9.73 Å². The van der Waals surface area contributed by atoms with Crippen molar-refractivity contribution < 1.29 is 4.74 Å². The van der Waals surface area contributed by atoms with Crippen LogP contribution < -0.4 is 0 Å². The molecule has 0 radical (unpaired) electrons. The molecule has 0 fully saturated rings. The third-order valence-electron chi connectivity index (χ3n) is 4.20. The number of aliphatic imine (C=N–C) groups is 1. The number of rotatable bonds is 8. The molecule has 1 aromatic rings. The summed E-state index contributed by atoms with van der Waals surface area (Å²) in [4.78, 5) is 4.74. The fourth-order valence-corrected chi connectivity index (χ4v) is 2.97. The van der Waals surface area contributed by atoms with Crippen LogP contribution in [0.3, 0.4) is 0 Å². The number of ether oxygens (including phenoxy) is 1. The van der Waals surface area contributed by atoms with E-state index in [1.165, 1.54) is 50.5 Å². The number of unbranched alkanes of at least 4 members (excludes halogenated alkanes) is 7. The van der Waals surface area contributed by atoms with Gasteiger partial charge in [-0.25, -0.2) is 4.99 Å². The summed E-state index contributed by atoms with van der Waals surface area (Å²) in [6.45, 7) is 8.58. The summed E-state index contributed by atoms with van der Waals surface area (Å²) in [5, 5.41) is 0. The van der Waals surface area contributed by atoms with E-state index < -0.39 is 0 Å². The minimum Gasteiger partial charge on any atom is -0.438 e. The number of fused-ring (bicyclic) bond motifs is 1. The van der Waals surface area contributed by atoms with Crippen LogP contribution in [0.15, 0.2) is 35.3 Å². The van der Waals surface area contributed by atoms with Gasteiger partial charge in [-0.05, 0) is 45.8 Å². The highest BCUT2D eigenvalue weighted by Crippen LogP contribution is 2.31. The first-order valence-corrected chi connectivity index (χ1v) is 9.59. The van der Waals surface area contributed by atoms with Crippen molar-refractivity contribution >= 4 is 11.7 Å². The minimum absolute atomic E-state index is 0.129. The second-order valence-electron chi connectivity index (χ2n) is 7.71. The summed E-state index contributed by atoms with van der Waals surface area (Å²) in [7, 11) is 0. The van der Waals surface area contributed by atoms with Crippen LogP contribution in [0, 0.1) is 0 Å². The average Bonchev–Trinajstić information content (AvgIpc) is 2.86. The predicted molar refractivity (Wildman–Crippen MR) is 104 cm³/mol. The van der Waals surface area contributed by atoms with Crippen molar-refractivity contribution in [3.05, 3.63) is 41.5 Å². The third kappa shape index (κ3) is 5.81. The molecule has 0 bridgehead atoms. The molecule has 2 nitrogen and oxygen atoms in total. The molecule has 132 valence electrons. The molecule has 2 heteroatoms. The summed E-state index contributed by atoms with van der Waals surface area (Å²) < 4.78 is 6.08. The molecule has 0 saturated heterocycles. The molecule has 2 rings (SSSR count). The first-order valence-electron chi connectivity index (χ1n) is 9.59. The van der Waals surface area contributed by atoms with Crippen molar-refractivity contribution in [2.75, 3.05) is 0 Å². The zero-order valence-electron chi connectivity index (χ0n) is 15.9. The molecule has 0 unspecified atom stereocenters. The lowest BCUT2D eigenvalue weighted by Gasteiger charge is -2.13. The first kappa shape index (κ1) is 18.8. The zero-order valence-corrected chi connectivity index (χ0v) is 15.9. The lowest BCUT2D eigenvalue weighted by atomic mass is 10.1. The van der Waals surface area contributed by atoms with E-state index >= 15 is 0 Å². The molecule has 1 heterocycles. The van der Waals surface area contributed by atoms with Gasteiger partial charge in [-0.1, -0.05) is 63.6 Å². The second kappa shape index (κ2) is 9.05. The number of benzene rings is 1. The van der Waals surface area contributed by atoms with Crippen molar-refractivity contribution in [1.29, 1.82) is 0 Å². The molecule has 1 aromatic carbocycles. The van der Waals surface area contributed by atoms with E-state index in [-0.39, 0.29) is 5.54 Å². The molecular weight excluding hydrogens is 294 g/mol. The van der Waals surface area contributed by atoms with Crippen molar-refractivity contribution in [2.45, 2.75) is 84.6 Å². The maximum Gasteiger partial charge on any atom is 0.223 e. The molecule has 0 spiro atoms. The lowest BCUT2D eigenvalue weighted by molar-refractivity contribution is 0.491.